The topological polar surface area (TPSA) is 41.8 Å². The molecule has 0 radical (unpaired) electrons. The Kier molecular flexibility index (Phi) is 2.50. The van der Waals surface area contributed by atoms with Crippen molar-refractivity contribution in [1.29, 1.82) is 0 Å². The number of nitrogens with one attached hydrogen (secondary N) is 1. The zero-order chi connectivity index (χ0) is 11.8. The maximum absolute atomic E-state index is 5.71. The van der Waals surface area contributed by atoms with E-state index in [0.717, 1.165) is 5.69 Å². The standard InChI is InChI=1S/C14H14N2S/c1-9-10(7-15)6-13(16-9)12-8-17-14-5-3-2-4-11(12)14/h2-6,8,16H,7,15H2,1H3. The van der Waals surface area contributed by atoms with E-state index < -0.39 is 0 Å². The summed E-state index contributed by atoms with van der Waals surface area (Å²) in [5.74, 6) is 0. The van der Waals surface area contributed by atoms with E-state index in [0.29, 0.717) is 6.54 Å². The summed E-state index contributed by atoms with van der Waals surface area (Å²) in [6, 6.07) is 10.6. The zero-order valence-electron chi connectivity index (χ0n) is 9.66. The van der Waals surface area contributed by atoms with Gasteiger partial charge in [0.15, 0.2) is 0 Å². The largest absolute Gasteiger partial charge is 0.358 e. The quantitative estimate of drug-likeness (QED) is 0.707. The molecule has 3 rings (SSSR count). The predicted octanol–water partition coefficient (Wildman–Crippen LogP) is 3.66. The van der Waals surface area contributed by atoms with Gasteiger partial charge in [0.25, 0.3) is 0 Å². The molecule has 0 saturated carbocycles. The molecule has 2 heterocycles. The number of benzene rings is 1. The van der Waals surface area contributed by atoms with E-state index in [1.54, 1.807) is 11.3 Å². The lowest BCUT2D eigenvalue weighted by molar-refractivity contribution is 1.04. The lowest BCUT2D eigenvalue weighted by Gasteiger charge is -1.95. The number of thiophene rings is 1. The summed E-state index contributed by atoms with van der Waals surface area (Å²) in [4.78, 5) is 3.42. The smallest absolute Gasteiger partial charge is 0.0474 e. The Labute approximate surface area is 104 Å². The van der Waals surface area contributed by atoms with E-state index in [9.17, 15) is 0 Å². The number of hydrogen-bond acceptors (Lipinski definition) is 2. The van der Waals surface area contributed by atoms with Gasteiger partial charge in [0.1, 0.15) is 0 Å². The minimum atomic E-state index is 0.588. The van der Waals surface area contributed by atoms with Crippen LogP contribution >= 0.6 is 11.3 Å². The maximum Gasteiger partial charge on any atom is 0.0474 e. The van der Waals surface area contributed by atoms with Crippen LogP contribution in [-0.2, 0) is 6.54 Å². The maximum atomic E-state index is 5.71. The fourth-order valence-electron chi connectivity index (χ4n) is 2.14. The van der Waals surface area contributed by atoms with Gasteiger partial charge in [0.05, 0.1) is 0 Å². The Morgan fingerprint density at radius 3 is 2.88 bits per heavy atom. The fourth-order valence-corrected chi connectivity index (χ4v) is 3.11. The molecule has 3 aromatic rings. The average molecular weight is 242 g/mol. The van der Waals surface area contributed by atoms with Crippen LogP contribution in [0.5, 0.6) is 0 Å². The van der Waals surface area contributed by atoms with E-state index >= 15 is 0 Å². The first-order chi connectivity index (χ1) is 8.29. The van der Waals surface area contributed by atoms with Crippen LogP contribution in [0.1, 0.15) is 11.3 Å². The van der Waals surface area contributed by atoms with Gasteiger partial charge in [0.2, 0.25) is 0 Å². The molecule has 2 nitrogen and oxygen atoms in total. The molecule has 0 atom stereocenters. The van der Waals surface area contributed by atoms with Crippen LogP contribution in [0.25, 0.3) is 21.3 Å². The highest BCUT2D eigenvalue weighted by Crippen LogP contribution is 2.33. The predicted molar refractivity (Wildman–Crippen MR) is 74.2 cm³/mol. The van der Waals surface area contributed by atoms with Gasteiger partial charge in [-0.2, -0.15) is 0 Å². The zero-order valence-corrected chi connectivity index (χ0v) is 10.5. The van der Waals surface area contributed by atoms with Crippen molar-refractivity contribution < 1.29 is 0 Å². The summed E-state index contributed by atoms with van der Waals surface area (Å²) in [5.41, 5.74) is 10.5. The molecule has 3 N–H and O–H groups in total. The first-order valence-electron chi connectivity index (χ1n) is 5.65. The fraction of sp³-hybridized carbons (Fsp3) is 0.143. The molecule has 0 bridgehead atoms. The number of H-pyrrole nitrogens is 1. The van der Waals surface area contributed by atoms with Crippen LogP contribution in [0, 0.1) is 6.92 Å². The van der Waals surface area contributed by atoms with Gasteiger partial charge in [-0.1, -0.05) is 18.2 Å². The third-order valence-electron chi connectivity index (χ3n) is 3.11. The van der Waals surface area contributed by atoms with Crippen molar-refractivity contribution in [2.24, 2.45) is 5.73 Å². The van der Waals surface area contributed by atoms with Crippen LogP contribution in [0.3, 0.4) is 0 Å². The summed E-state index contributed by atoms with van der Waals surface area (Å²) >= 11 is 1.78. The minimum absolute atomic E-state index is 0.588. The van der Waals surface area contributed by atoms with Crippen molar-refractivity contribution in [3.63, 3.8) is 0 Å². The second-order valence-corrected chi connectivity index (χ2v) is 5.09. The average Bonchev–Trinajstić information content (AvgIpc) is 2.92. The highest BCUT2D eigenvalue weighted by Gasteiger charge is 2.09. The number of aryl methyl sites for hydroxylation is 1. The van der Waals surface area contributed by atoms with E-state index in [1.165, 1.54) is 26.9 Å². The van der Waals surface area contributed by atoms with Gasteiger partial charge in [-0.15, -0.1) is 11.3 Å². The third kappa shape index (κ3) is 1.68. The molecular formula is C14H14N2S. The Morgan fingerprint density at radius 2 is 2.12 bits per heavy atom. The van der Waals surface area contributed by atoms with Crippen LogP contribution in [0.2, 0.25) is 0 Å². The van der Waals surface area contributed by atoms with Gasteiger partial charge in [-0.25, -0.2) is 0 Å². The second-order valence-electron chi connectivity index (χ2n) is 4.18. The molecule has 0 fully saturated rings. The Morgan fingerprint density at radius 1 is 1.29 bits per heavy atom. The molecule has 0 aliphatic carbocycles. The highest BCUT2D eigenvalue weighted by molar-refractivity contribution is 7.17. The molecule has 2 aromatic heterocycles. The molecule has 1 aromatic carbocycles. The second kappa shape index (κ2) is 4.02. The summed E-state index contributed by atoms with van der Waals surface area (Å²) in [6.07, 6.45) is 0. The first-order valence-corrected chi connectivity index (χ1v) is 6.52. The van der Waals surface area contributed by atoms with E-state index in [2.05, 4.69) is 47.6 Å². The van der Waals surface area contributed by atoms with Crippen molar-refractivity contribution in [3.05, 3.63) is 47.0 Å². The van der Waals surface area contributed by atoms with Crippen LogP contribution in [0.15, 0.2) is 35.7 Å². The van der Waals surface area contributed by atoms with E-state index in [-0.39, 0.29) is 0 Å². The van der Waals surface area contributed by atoms with Gasteiger partial charge in [-0.3, -0.25) is 0 Å². The molecule has 17 heavy (non-hydrogen) atoms. The number of rotatable bonds is 2. The summed E-state index contributed by atoms with van der Waals surface area (Å²) in [5, 5.41) is 3.51. The van der Waals surface area contributed by atoms with Gasteiger partial charge < -0.3 is 10.7 Å². The minimum Gasteiger partial charge on any atom is -0.358 e. The molecule has 0 saturated heterocycles. The van der Waals surface area contributed by atoms with E-state index in [1.807, 2.05) is 0 Å². The number of fused-ring (bicyclic) bond motifs is 1. The lowest BCUT2D eigenvalue weighted by Crippen LogP contribution is -1.95. The van der Waals surface area contributed by atoms with Crippen molar-refractivity contribution in [3.8, 4) is 11.3 Å². The Hall–Kier alpha value is -1.58. The number of aromatic amines is 1. The molecule has 3 heteroatoms. The third-order valence-corrected chi connectivity index (χ3v) is 4.08. The molecule has 0 amide bonds. The Bertz CT molecular complexity index is 664. The van der Waals surface area contributed by atoms with Crippen molar-refractivity contribution in [2.45, 2.75) is 13.5 Å². The number of nitrogens with two attached hydrogens (primary N) is 1. The monoisotopic (exact) mass is 242 g/mol. The SMILES string of the molecule is Cc1[nH]c(-c2csc3ccccc23)cc1CN. The molecular weight excluding hydrogens is 228 g/mol. The summed E-state index contributed by atoms with van der Waals surface area (Å²) < 4.78 is 1.32. The van der Waals surface area contributed by atoms with Crippen LogP contribution in [-0.4, -0.2) is 4.98 Å². The normalized spacial score (nSPS) is 11.2. The van der Waals surface area contributed by atoms with Gasteiger partial charge in [0, 0.05) is 39.0 Å². The molecule has 0 spiro atoms. The summed E-state index contributed by atoms with van der Waals surface area (Å²) in [7, 11) is 0. The molecule has 0 aliphatic heterocycles. The first kappa shape index (κ1) is 10.6. The van der Waals surface area contributed by atoms with Gasteiger partial charge in [-0.05, 0) is 24.6 Å². The van der Waals surface area contributed by atoms with Gasteiger partial charge >= 0.3 is 0 Å². The summed E-state index contributed by atoms with van der Waals surface area (Å²) in [6.45, 7) is 2.66. The Balaban J connectivity index is 2.20. The van der Waals surface area contributed by atoms with Crippen molar-refractivity contribution >= 4 is 21.4 Å². The molecule has 0 aliphatic rings. The molecule has 86 valence electrons. The van der Waals surface area contributed by atoms with Crippen LogP contribution < -0.4 is 5.73 Å². The van der Waals surface area contributed by atoms with Crippen molar-refractivity contribution in [1.82, 2.24) is 4.98 Å². The highest BCUT2D eigenvalue weighted by atomic mass is 32.1. The lowest BCUT2D eigenvalue weighted by atomic mass is 10.1. The van der Waals surface area contributed by atoms with Crippen molar-refractivity contribution in [2.75, 3.05) is 0 Å². The molecule has 0 unspecified atom stereocenters. The number of hydrogen-bond donors (Lipinski definition) is 2. The van der Waals surface area contributed by atoms with Crippen LogP contribution in [0.4, 0.5) is 0 Å². The van der Waals surface area contributed by atoms with E-state index in [4.69, 9.17) is 5.73 Å². The number of aromatic nitrogens is 1.